The molecule has 216 valence electrons. The Morgan fingerprint density at radius 1 is 0.319 bits per heavy atom. The van der Waals surface area contributed by atoms with Gasteiger partial charge in [0.1, 0.15) is 11.5 Å². The molecule has 0 spiro atoms. The van der Waals surface area contributed by atoms with Gasteiger partial charge in [-0.1, -0.05) is 146 Å². The largest absolute Gasteiger partial charge is 0.455 e. The maximum Gasteiger partial charge on any atom is 0.143 e. The van der Waals surface area contributed by atoms with Crippen molar-refractivity contribution in [1.29, 1.82) is 0 Å². The fourth-order valence-corrected chi connectivity index (χ4v) is 8.51. The van der Waals surface area contributed by atoms with Gasteiger partial charge in [-0.3, -0.25) is 0 Å². The molecule has 0 fully saturated rings. The molecule has 9 aromatic rings. The Labute approximate surface area is 271 Å². The average Bonchev–Trinajstić information content (AvgIpc) is 3.46. The highest BCUT2D eigenvalue weighted by Crippen LogP contribution is 2.59. The molecule has 11 rings (SSSR count). The van der Waals surface area contributed by atoms with E-state index in [9.17, 15) is 0 Å². The maximum atomic E-state index is 6.81. The van der Waals surface area contributed by atoms with Gasteiger partial charge in [0.25, 0.3) is 0 Å². The van der Waals surface area contributed by atoms with Crippen LogP contribution < -0.4 is 4.74 Å². The zero-order valence-electron chi connectivity index (χ0n) is 25.4. The first-order valence-electron chi connectivity index (χ1n) is 16.3. The fraction of sp³-hybridized carbons (Fsp3) is 0. The van der Waals surface area contributed by atoms with Crippen molar-refractivity contribution in [2.75, 3.05) is 0 Å². The van der Waals surface area contributed by atoms with Crippen LogP contribution in [0.25, 0.3) is 98.7 Å². The van der Waals surface area contributed by atoms with Gasteiger partial charge >= 0.3 is 0 Å². The van der Waals surface area contributed by atoms with Crippen molar-refractivity contribution in [2.24, 2.45) is 0 Å². The van der Waals surface area contributed by atoms with Gasteiger partial charge in [0.05, 0.1) is 0 Å². The van der Waals surface area contributed by atoms with E-state index in [0.717, 1.165) is 22.4 Å². The lowest BCUT2D eigenvalue weighted by Gasteiger charge is -2.26. The molecule has 2 aliphatic rings. The van der Waals surface area contributed by atoms with E-state index in [-0.39, 0.29) is 0 Å². The lowest BCUT2D eigenvalue weighted by Crippen LogP contribution is -2.00. The first-order valence-corrected chi connectivity index (χ1v) is 16.3. The van der Waals surface area contributed by atoms with Crippen LogP contribution in [0.2, 0.25) is 0 Å². The van der Waals surface area contributed by atoms with Crippen molar-refractivity contribution in [3.05, 3.63) is 158 Å². The Kier molecular flexibility index (Phi) is 4.90. The van der Waals surface area contributed by atoms with E-state index in [1.165, 1.54) is 87.8 Å². The topological polar surface area (TPSA) is 9.23 Å². The number of hydrogen-bond acceptors (Lipinski definition) is 1. The van der Waals surface area contributed by atoms with Crippen LogP contribution in [0.1, 0.15) is 0 Å². The van der Waals surface area contributed by atoms with Crippen molar-refractivity contribution in [3.63, 3.8) is 0 Å². The molecule has 0 aromatic heterocycles. The van der Waals surface area contributed by atoms with Crippen LogP contribution in [-0.2, 0) is 0 Å². The van der Waals surface area contributed by atoms with E-state index in [4.69, 9.17) is 4.74 Å². The maximum absolute atomic E-state index is 6.81. The van der Waals surface area contributed by atoms with Gasteiger partial charge in [-0.05, 0) is 94.5 Å². The molecule has 0 amide bonds. The monoisotopic (exact) mass is 594 g/mol. The molecule has 1 aliphatic heterocycles. The predicted octanol–water partition coefficient (Wildman–Crippen LogP) is 13.1. The Morgan fingerprint density at radius 3 is 1.60 bits per heavy atom. The van der Waals surface area contributed by atoms with E-state index in [1.54, 1.807) is 0 Å². The number of benzene rings is 9. The number of hydrogen-bond donors (Lipinski definition) is 0. The summed E-state index contributed by atoms with van der Waals surface area (Å²) < 4.78 is 6.81. The van der Waals surface area contributed by atoms with Gasteiger partial charge in [0, 0.05) is 16.3 Å². The quantitative estimate of drug-likeness (QED) is 0.193. The zero-order valence-corrected chi connectivity index (χ0v) is 25.4. The first kappa shape index (κ1) is 25.1. The summed E-state index contributed by atoms with van der Waals surface area (Å²) in [4.78, 5) is 0. The van der Waals surface area contributed by atoms with E-state index >= 15 is 0 Å². The summed E-state index contributed by atoms with van der Waals surface area (Å²) in [5.41, 5.74) is 12.7. The zero-order chi connectivity index (χ0) is 30.6. The Hall–Kier alpha value is -6.18. The molecule has 0 saturated carbocycles. The summed E-state index contributed by atoms with van der Waals surface area (Å²) in [6, 6.07) is 57.7. The number of rotatable bonds is 2. The van der Waals surface area contributed by atoms with Crippen molar-refractivity contribution in [1.82, 2.24) is 0 Å². The molecule has 0 radical (unpaired) electrons. The van der Waals surface area contributed by atoms with E-state index in [2.05, 4.69) is 158 Å². The summed E-state index contributed by atoms with van der Waals surface area (Å²) in [5, 5.41) is 9.83. The fourth-order valence-electron chi connectivity index (χ4n) is 8.51. The summed E-state index contributed by atoms with van der Waals surface area (Å²) in [5.74, 6) is 1.85. The smallest absolute Gasteiger partial charge is 0.143 e. The van der Waals surface area contributed by atoms with E-state index < -0.39 is 0 Å². The Morgan fingerprint density at radius 2 is 0.872 bits per heavy atom. The second kappa shape index (κ2) is 9.19. The minimum Gasteiger partial charge on any atom is -0.455 e. The van der Waals surface area contributed by atoms with E-state index in [1.807, 2.05) is 0 Å². The third-order valence-electron chi connectivity index (χ3n) is 10.4. The lowest BCUT2D eigenvalue weighted by atomic mass is 9.80. The molecule has 1 aliphatic carbocycles. The van der Waals surface area contributed by atoms with Crippen molar-refractivity contribution in [2.45, 2.75) is 0 Å². The van der Waals surface area contributed by atoms with Crippen molar-refractivity contribution in [3.8, 4) is 67.1 Å². The molecule has 0 N–H and O–H groups in total. The second-order valence-corrected chi connectivity index (χ2v) is 12.7. The molecule has 1 heterocycles. The summed E-state index contributed by atoms with van der Waals surface area (Å²) in [6.07, 6.45) is 0. The van der Waals surface area contributed by atoms with Crippen LogP contribution in [0.5, 0.6) is 11.5 Å². The molecular weight excluding hydrogens is 569 g/mol. The molecular formula is C46H26O. The van der Waals surface area contributed by atoms with Crippen molar-refractivity contribution < 1.29 is 4.74 Å². The minimum absolute atomic E-state index is 0.921. The van der Waals surface area contributed by atoms with Crippen LogP contribution in [0.4, 0.5) is 0 Å². The first-order chi connectivity index (χ1) is 23.3. The van der Waals surface area contributed by atoms with Gasteiger partial charge in [-0.25, -0.2) is 0 Å². The molecule has 47 heavy (non-hydrogen) atoms. The third-order valence-corrected chi connectivity index (χ3v) is 10.4. The second-order valence-electron chi connectivity index (χ2n) is 12.7. The predicted molar refractivity (Wildman–Crippen MR) is 197 cm³/mol. The van der Waals surface area contributed by atoms with Crippen LogP contribution >= 0.6 is 0 Å². The third kappa shape index (κ3) is 3.28. The highest BCUT2D eigenvalue weighted by atomic mass is 16.5. The lowest BCUT2D eigenvalue weighted by molar-refractivity contribution is 0.493. The van der Waals surface area contributed by atoms with Crippen LogP contribution in [-0.4, -0.2) is 0 Å². The van der Waals surface area contributed by atoms with Gasteiger partial charge in [0.15, 0.2) is 0 Å². The summed E-state index contributed by atoms with van der Waals surface area (Å²) in [7, 11) is 0. The molecule has 9 aromatic carbocycles. The molecule has 0 bridgehead atoms. The highest BCUT2D eigenvalue weighted by Gasteiger charge is 2.32. The molecule has 0 saturated heterocycles. The van der Waals surface area contributed by atoms with Gasteiger partial charge in [-0.2, -0.15) is 0 Å². The summed E-state index contributed by atoms with van der Waals surface area (Å²) >= 11 is 0. The molecule has 0 unspecified atom stereocenters. The minimum atomic E-state index is 0.921. The Bertz CT molecular complexity index is 2800. The van der Waals surface area contributed by atoms with Gasteiger partial charge in [0.2, 0.25) is 0 Å². The molecule has 1 nitrogen and oxygen atoms in total. The number of ether oxygens (including phenoxy) is 1. The van der Waals surface area contributed by atoms with Crippen LogP contribution in [0, 0.1) is 0 Å². The standard InChI is InChI=1S/C46H26O/c1-2-12-29(13-3-1)42-31-19-5-6-20-32(31)43(45-36-24-10-15-27-14-9-23-35(40(27)36)44(42)45)37-26-38-33-22-8-16-28-17-11-25-39(41(28)33)47-46(38)34-21-7-4-18-30(34)37/h1-26H. The number of fused-ring (bicyclic) bond motifs is 8. The normalized spacial score (nSPS) is 12.4. The summed E-state index contributed by atoms with van der Waals surface area (Å²) in [6.45, 7) is 0. The van der Waals surface area contributed by atoms with Crippen LogP contribution in [0.3, 0.4) is 0 Å². The molecule has 0 atom stereocenters. The Balaban J connectivity index is 1.36. The molecule has 1 heteroatoms. The SMILES string of the molecule is c1ccc(-c2c3c(c(-c4cc5c(c6ccccc46)Oc4cccc6cccc-5c46)c4ccccc24)-c2cccc4cccc-3c24)cc1. The van der Waals surface area contributed by atoms with Crippen LogP contribution in [0.15, 0.2) is 158 Å². The van der Waals surface area contributed by atoms with Crippen molar-refractivity contribution >= 4 is 43.1 Å². The van der Waals surface area contributed by atoms with E-state index in [0.29, 0.717) is 0 Å². The van der Waals surface area contributed by atoms with Gasteiger partial charge < -0.3 is 4.74 Å². The average molecular weight is 595 g/mol. The van der Waals surface area contributed by atoms with Gasteiger partial charge in [-0.15, -0.1) is 0 Å². The highest BCUT2D eigenvalue weighted by molar-refractivity contribution is 6.29.